The Balaban J connectivity index is 2.56. The molecular weight excluding hydrogens is 222 g/mol. The second kappa shape index (κ2) is 5.65. The fourth-order valence-electron chi connectivity index (χ4n) is 1.87. The van der Waals surface area contributed by atoms with E-state index in [2.05, 4.69) is 24.4 Å². The summed E-state index contributed by atoms with van der Waals surface area (Å²) in [6.07, 6.45) is 1.08. The van der Waals surface area contributed by atoms with Crippen LogP contribution < -0.4 is 11.2 Å². The van der Waals surface area contributed by atoms with Crippen LogP contribution in [0.2, 0.25) is 0 Å². The SMILES string of the molecule is C/C(=N\NC(N)=O)C1CC(CC(C)C)C(=O)O1. The smallest absolute Gasteiger partial charge is 0.332 e. The molecule has 1 aliphatic heterocycles. The number of nitrogens with zero attached hydrogens (tertiary/aromatic N) is 1. The second-order valence-corrected chi connectivity index (χ2v) is 4.72. The van der Waals surface area contributed by atoms with Gasteiger partial charge in [-0.1, -0.05) is 13.8 Å². The van der Waals surface area contributed by atoms with Crippen molar-refractivity contribution in [2.24, 2.45) is 22.7 Å². The number of primary amides is 1. The van der Waals surface area contributed by atoms with E-state index in [0.29, 0.717) is 18.1 Å². The van der Waals surface area contributed by atoms with E-state index in [1.807, 2.05) is 0 Å². The summed E-state index contributed by atoms with van der Waals surface area (Å²) in [5, 5.41) is 3.77. The molecule has 96 valence electrons. The van der Waals surface area contributed by atoms with Gasteiger partial charge in [-0.25, -0.2) is 10.2 Å². The summed E-state index contributed by atoms with van der Waals surface area (Å²) < 4.78 is 5.21. The predicted molar refractivity (Wildman–Crippen MR) is 63.3 cm³/mol. The van der Waals surface area contributed by atoms with Gasteiger partial charge in [0.05, 0.1) is 11.6 Å². The summed E-state index contributed by atoms with van der Waals surface area (Å²) >= 11 is 0. The zero-order valence-electron chi connectivity index (χ0n) is 10.4. The van der Waals surface area contributed by atoms with Gasteiger partial charge < -0.3 is 10.5 Å². The van der Waals surface area contributed by atoms with Gasteiger partial charge in [-0.2, -0.15) is 5.10 Å². The molecule has 2 unspecified atom stereocenters. The molecular formula is C11H19N3O3. The molecule has 0 spiro atoms. The number of amides is 2. The number of hydrogen-bond acceptors (Lipinski definition) is 4. The van der Waals surface area contributed by atoms with Gasteiger partial charge in [-0.05, 0) is 19.3 Å². The van der Waals surface area contributed by atoms with Gasteiger partial charge in [0.25, 0.3) is 0 Å². The Morgan fingerprint density at radius 1 is 1.65 bits per heavy atom. The third-order valence-electron chi connectivity index (χ3n) is 2.65. The number of rotatable bonds is 4. The Kier molecular flexibility index (Phi) is 4.48. The highest BCUT2D eigenvalue weighted by atomic mass is 16.6. The lowest BCUT2D eigenvalue weighted by atomic mass is 9.93. The maximum atomic E-state index is 11.6. The van der Waals surface area contributed by atoms with Crippen LogP contribution in [-0.2, 0) is 9.53 Å². The third-order valence-corrected chi connectivity index (χ3v) is 2.65. The van der Waals surface area contributed by atoms with Crippen molar-refractivity contribution < 1.29 is 14.3 Å². The number of ether oxygens (including phenoxy) is 1. The van der Waals surface area contributed by atoms with Crippen LogP contribution in [0.4, 0.5) is 4.79 Å². The largest absolute Gasteiger partial charge is 0.456 e. The highest BCUT2D eigenvalue weighted by Gasteiger charge is 2.36. The summed E-state index contributed by atoms with van der Waals surface area (Å²) in [6.45, 7) is 5.83. The lowest BCUT2D eigenvalue weighted by molar-refractivity contribution is -0.143. The molecule has 1 saturated heterocycles. The summed E-state index contributed by atoms with van der Waals surface area (Å²) in [4.78, 5) is 22.1. The van der Waals surface area contributed by atoms with Crippen molar-refractivity contribution in [1.29, 1.82) is 0 Å². The first-order valence-corrected chi connectivity index (χ1v) is 5.70. The molecule has 0 bridgehead atoms. The van der Waals surface area contributed by atoms with Crippen molar-refractivity contribution >= 4 is 17.7 Å². The summed E-state index contributed by atoms with van der Waals surface area (Å²) in [5.74, 6) is 0.198. The number of cyclic esters (lactones) is 1. The lowest BCUT2D eigenvalue weighted by Crippen LogP contribution is -2.28. The molecule has 0 aromatic rings. The van der Waals surface area contributed by atoms with Crippen molar-refractivity contribution in [3.63, 3.8) is 0 Å². The third kappa shape index (κ3) is 4.05. The standard InChI is InChI=1S/C11H19N3O3/c1-6(2)4-8-5-9(17-10(8)15)7(3)13-14-11(12)16/h6,8-9H,4-5H2,1-3H3,(H3,12,14,16)/b13-7+. The monoisotopic (exact) mass is 241 g/mol. The Labute approximate surface area is 101 Å². The van der Waals surface area contributed by atoms with Gasteiger partial charge in [0, 0.05) is 6.42 Å². The molecule has 0 aliphatic carbocycles. The molecule has 0 saturated carbocycles. The first-order chi connectivity index (χ1) is 7.90. The molecule has 1 rings (SSSR count). The minimum atomic E-state index is -0.729. The highest BCUT2D eigenvalue weighted by molar-refractivity contribution is 5.91. The van der Waals surface area contributed by atoms with Gasteiger partial charge in [0.2, 0.25) is 0 Å². The minimum absolute atomic E-state index is 0.0706. The maximum Gasteiger partial charge on any atom is 0.332 e. The summed E-state index contributed by atoms with van der Waals surface area (Å²) in [5.41, 5.74) is 7.58. The van der Waals surface area contributed by atoms with E-state index < -0.39 is 6.03 Å². The Morgan fingerprint density at radius 3 is 2.82 bits per heavy atom. The Hall–Kier alpha value is -1.59. The molecule has 0 aromatic heterocycles. The van der Waals surface area contributed by atoms with E-state index in [1.165, 1.54) is 0 Å². The summed E-state index contributed by atoms with van der Waals surface area (Å²) in [6, 6.07) is -0.729. The van der Waals surface area contributed by atoms with Crippen LogP contribution in [0.1, 0.15) is 33.6 Å². The van der Waals surface area contributed by atoms with E-state index in [4.69, 9.17) is 10.5 Å². The van der Waals surface area contributed by atoms with Crippen LogP contribution >= 0.6 is 0 Å². The zero-order valence-corrected chi connectivity index (χ0v) is 10.4. The molecule has 1 aliphatic rings. The molecule has 6 nitrogen and oxygen atoms in total. The van der Waals surface area contributed by atoms with E-state index in [9.17, 15) is 9.59 Å². The Morgan fingerprint density at radius 2 is 2.29 bits per heavy atom. The summed E-state index contributed by atoms with van der Waals surface area (Å²) in [7, 11) is 0. The molecule has 2 atom stereocenters. The number of nitrogens with two attached hydrogens (primary N) is 1. The lowest BCUT2D eigenvalue weighted by Gasteiger charge is -2.08. The van der Waals surface area contributed by atoms with E-state index >= 15 is 0 Å². The normalized spacial score (nSPS) is 24.9. The second-order valence-electron chi connectivity index (χ2n) is 4.72. The molecule has 1 heterocycles. The first kappa shape index (κ1) is 13.5. The van der Waals surface area contributed by atoms with E-state index in [-0.39, 0.29) is 18.0 Å². The highest BCUT2D eigenvalue weighted by Crippen LogP contribution is 2.27. The fourth-order valence-corrected chi connectivity index (χ4v) is 1.87. The molecule has 1 fully saturated rings. The number of urea groups is 1. The molecule has 0 radical (unpaired) electrons. The topological polar surface area (TPSA) is 93.8 Å². The van der Waals surface area contributed by atoms with Crippen LogP contribution in [0.5, 0.6) is 0 Å². The van der Waals surface area contributed by atoms with Crippen molar-refractivity contribution in [3.05, 3.63) is 0 Å². The average molecular weight is 241 g/mol. The maximum absolute atomic E-state index is 11.6. The number of hydrogen-bond donors (Lipinski definition) is 2. The van der Waals surface area contributed by atoms with Crippen LogP contribution in [0.25, 0.3) is 0 Å². The van der Waals surface area contributed by atoms with Crippen LogP contribution in [0.15, 0.2) is 5.10 Å². The Bertz CT molecular complexity index is 339. The number of hydrazone groups is 1. The predicted octanol–water partition coefficient (Wildman–Crippen LogP) is 1.01. The molecule has 3 N–H and O–H groups in total. The van der Waals surface area contributed by atoms with Crippen molar-refractivity contribution in [2.45, 2.75) is 39.7 Å². The average Bonchev–Trinajstić information content (AvgIpc) is 2.56. The van der Waals surface area contributed by atoms with Gasteiger partial charge in [0.1, 0.15) is 6.10 Å². The number of carbonyl (C=O) groups is 2. The molecule has 0 aromatic carbocycles. The van der Waals surface area contributed by atoms with Crippen LogP contribution in [0, 0.1) is 11.8 Å². The zero-order chi connectivity index (χ0) is 13.0. The number of esters is 1. The van der Waals surface area contributed by atoms with Gasteiger partial charge in [-0.15, -0.1) is 0 Å². The first-order valence-electron chi connectivity index (χ1n) is 5.70. The van der Waals surface area contributed by atoms with Gasteiger partial charge in [0.15, 0.2) is 0 Å². The molecule has 17 heavy (non-hydrogen) atoms. The molecule has 2 amide bonds. The number of nitrogens with one attached hydrogen (secondary N) is 1. The fraction of sp³-hybridized carbons (Fsp3) is 0.727. The van der Waals surface area contributed by atoms with Crippen molar-refractivity contribution in [3.8, 4) is 0 Å². The minimum Gasteiger partial charge on any atom is -0.456 e. The van der Waals surface area contributed by atoms with Crippen molar-refractivity contribution in [1.82, 2.24) is 5.43 Å². The van der Waals surface area contributed by atoms with E-state index in [0.717, 1.165) is 6.42 Å². The van der Waals surface area contributed by atoms with Crippen LogP contribution in [-0.4, -0.2) is 23.8 Å². The quantitative estimate of drug-likeness (QED) is 0.437. The van der Waals surface area contributed by atoms with Crippen LogP contribution in [0.3, 0.4) is 0 Å². The van der Waals surface area contributed by atoms with Crippen molar-refractivity contribution in [2.75, 3.05) is 0 Å². The van der Waals surface area contributed by atoms with E-state index in [1.54, 1.807) is 6.92 Å². The molecule has 6 heteroatoms. The van der Waals surface area contributed by atoms with Gasteiger partial charge in [-0.3, -0.25) is 4.79 Å². The number of carbonyl (C=O) groups excluding carboxylic acids is 2. The van der Waals surface area contributed by atoms with Gasteiger partial charge >= 0.3 is 12.0 Å².